The van der Waals surface area contributed by atoms with Gasteiger partial charge in [-0.05, 0) is 79.1 Å². The van der Waals surface area contributed by atoms with Crippen LogP contribution in [0.15, 0.2) is 109 Å². The van der Waals surface area contributed by atoms with Crippen molar-refractivity contribution in [1.29, 1.82) is 0 Å². The number of rotatable bonds is 32. The number of carbonyl (C=O) groups excluding carboxylic acids is 1. The van der Waals surface area contributed by atoms with Crippen LogP contribution in [0.4, 0.5) is 16.2 Å². The van der Waals surface area contributed by atoms with E-state index in [-0.39, 0.29) is 0 Å². The molecule has 0 bridgehead atoms. The quantitative estimate of drug-likeness (QED) is 0.0243. The summed E-state index contributed by atoms with van der Waals surface area (Å²) in [5.41, 5.74) is 24.4. The van der Waals surface area contributed by atoms with Gasteiger partial charge in [-0.2, -0.15) is 0 Å². The molecule has 0 spiro atoms. The number of hydrogen-bond acceptors (Lipinski definition) is 7. The molecule has 2 aromatic heterocycles. The van der Waals surface area contributed by atoms with Crippen LogP contribution in [-0.2, 0) is 17.8 Å². The van der Waals surface area contributed by atoms with E-state index in [0.29, 0.717) is 20.0 Å². The lowest BCUT2D eigenvalue weighted by molar-refractivity contribution is 0.0523. The Bertz CT molecular complexity index is 3440. The fraction of sp³-hybridized carbons (Fsp3) is 0.205. The molecule has 0 atom stereocenters. The molecule has 1 amide bonds. The number of alkyl carbamates (subject to hydrolysis) is 1. The summed E-state index contributed by atoms with van der Waals surface area (Å²) < 4.78 is 11.5. The number of amides is 1. The Balaban J connectivity index is 0.000000492. The highest BCUT2D eigenvalue weighted by molar-refractivity contribution is 8.30. The zero-order valence-electron chi connectivity index (χ0n) is 63.7. The second-order valence-corrected chi connectivity index (χ2v) is 28.0. The average Bonchev–Trinajstić information content (AvgIpc) is 0.775. The van der Waals surface area contributed by atoms with Gasteiger partial charge >= 0.3 is 6.09 Å². The number of pyridine rings is 2. The molecule has 8 nitrogen and oxygen atoms in total. The summed E-state index contributed by atoms with van der Waals surface area (Å²) >= 11 is 0. The number of benzene rings is 4. The number of carbonyl (C=O) groups is 1. The smallest absolute Gasteiger partial charge is 0.407 e. The number of ether oxygens (including phenoxy) is 1. The van der Waals surface area contributed by atoms with Crippen molar-refractivity contribution in [1.82, 2.24) is 15.3 Å². The van der Waals surface area contributed by atoms with Crippen LogP contribution in [-0.4, -0.2) is 455 Å². The first-order chi connectivity index (χ1) is 50.7. The maximum atomic E-state index is 12.0. The van der Waals surface area contributed by atoms with Crippen molar-refractivity contribution in [2.75, 3.05) is 11.5 Å². The van der Waals surface area contributed by atoms with E-state index in [4.69, 9.17) is 271 Å². The second-order valence-electron chi connectivity index (χ2n) is 28.0. The highest BCUT2D eigenvalue weighted by Gasteiger charge is 2.55. The van der Waals surface area contributed by atoms with Gasteiger partial charge in [-0.15, -0.1) is 0 Å². The topological polar surface area (TPSA) is 142 Å². The van der Waals surface area contributed by atoms with Crippen molar-refractivity contribution in [2.45, 2.75) is 53.3 Å². The molecule has 69 heteroatoms. The van der Waals surface area contributed by atoms with Gasteiger partial charge in [0, 0.05) is 494 Å². The minimum Gasteiger partial charge on any atom is -0.444 e. The first kappa shape index (κ1) is 101. The number of nitrogens with zero attached hydrogens (tertiary/aromatic N) is 2. The zero-order valence-corrected chi connectivity index (χ0v) is 62.7. The fourth-order valence-electron chi connectivity index (χ4n) is 14.5. The molecule has 6 aromatic rings. The van der Waals surface area contributed by atoms with Crippen LogP contribution in [0.1, 0.15) is 47.1 Å². The van der Waals surface area contributed by atoms with Crippen molar-refractivity contribution >= 4 is 472 Å². The molecule has 0 unspecified atom stereocenters. The lowest BCUT2D eigenvalue weighted by Crippen LogP contribution is -2.89. The van der Waals surface area contributed by atoms with Crippen LogP contribution in [0.25, 0.3) is 44.1 Å². The molecule has 108 heavy (non-hydrogen) atoms. The predicted octanol–water partition coefficient (Wildman–Crippen LogP) is -14.8. The van der Waals surface area contributed by atoms with Crippen LogP contribution in [0.5, 0.6) is 0 Å². The van der Waals surface area contributed by atoms with E-state index >= 15 is 0 Å². The van der Waals surface area contributed by atoms with Crippen LogP contribution in [0.3, 0.4) is 0 Å². The number of nitrogens with two attached hydrogens (primary N) is 3. The van der Waals surface area contributed by atoms with Gasteiger partial charge in [0.2, 0.25) is 0 Å². The lowest BCUT2D eigenvalue weighted by Gasteiger charge is -2.50. The summed E-state index contributed by atoms with van der Waals surface area (Å²) in [7, 11) is 194. The molecule has 0 aliphatic heterocycles. The molecule has 65 radical (unpaired) electrons. The maximum absolute atomic E-state index is 12.0. The number of anilines is 2. The van der Waals surface area contributed by atoms with Gasteiger partial charge < -0.3 is 27.3 Å². The second kappa shape index (κ2) is 49.5. The third-order valence-electron chi connectivity index (χ3n) is 18.9. The number of nitrogens with one attached hydrogen (secondary N) is 1. The van der Waals surface area contributed by atoms with Gasteiger partial charge in [-0.25, -0.2) is 4.79 Å². The molecule has 0 saturated heterocycles. The van der Waals surface area contributed by atoms with E-state index in [9.17, 15) is 4.79 Å². The summed E-state index contributed by atoms with van der Waals surface area (Å²) in [4.78, 5) is 21.1. The third kappa shape index (κ3) is 30.2. The van der Waals surface area contributed by atoms with E-state index in [2.05, 4.69) is 21.4 Å². The van der Waals surface area contributed by atoms with Crippen molar-refractivity contribution in [3.05, 3.63) is 121 Å². The zero-order chi connectivity index (χ0) is 83.6. The highest BCUT2D eigenvalue weighted by Crippen LogP contribution is 2.32. The molecular weight excluding hydrogens is 1240 g/mol. The van der Waals surface area contributed by atoms with E-state index in [1.807, 2.05) is 118 Å². The minimum atomic E-state index is -1.07. The first-order valence-electron chi connectivity index (χ1n) is 35.8. The SMILES string of the molecule is CC(C)(C)OC(=O)NCc1ccccc1-c1nccc2cc(N)ccc12.NCc1ccccc1-c1nccc2cc(N)ccc12.[2H]CC.[B]B([B])B(B([B])[B])B(B(B([B])[B])B([B])[B])B(B(B([B])[B])B([B])[B])B(B([B])[B])B([B])[B].[B][B]B([B])B(B([B])[B])B(B(B([B])[B])B([B])[B])B(B(B([B])[B])B([B])[B])B(B([B])[B])B([B])[B]. The van der Waals surface area contributed by atoms with Gasteiger partial charge in [0.25, 0.3) is 0 Å². The van der Waals surface area contributed by atoms with Crippen LogP contribution < -0.4 is 22.5 Å². The van der Waals surface area contributed by atoms with Crippen LogP contribution in [0.2, 0.25) is 0 Å². The van der Waals surface area contributed by atoms with Gasteiger partial charge in [-0.1, -0.05) is 74.5 Å². The Morgan fingerprint density at radius 1 is 0.417 bits per heavy atom. The van der Waals surface area contributed by atoms with Crippen molar-refractivity contribution < 1.29 is 10.9 Å². The van der Waals surface area contributed by atoms with Crippen molar-refractivity contribution in [2.24, 2.45) is 5.73 Å². The summed E-state index contributed by atoms with van der Waals surface area (Å²) in [5.74, 6) is 0. The van der Waals surface area contributed by atoms with Crippen molar-refractivity contribution in [3.63, 3.8) is 0 Å². The van der Waals surface area contributed by atoms with Gasteiger partial charge in [0.1, 0.15) is 5.60 Å². The van der Waals surface area contributed by atoms with Crippen molar-refractivity contribution in [3.8, 4) is 22.5 Å². The molecule has 2 heterocycles. The molecule has 4 aromatic carbocycles. The summed E-state index contributed by atoms with van der Waals surface area (Å²) in [6, 6.07) is 31.6. The van der Waals surface area contributed by atoms with E-state index in [1.54, 1.807) is 13.1 Å². The molecule has 0 aliphatic carbocycles. The number of nitrogen functional groups attached to an aromatic ring is 2. The Morgan fingerprint density at radius 2 is 0.676 bits per heavy atom. The largest absolute Gasteiger partial charge is 0.444 e. The molecule has 7 N–H and O–H groups in total. The van der Waals surface area contributed by atoms with E-state index in [0.717, 1.165) is 66.6 Å². The van der Waals surface area contributed by atoms with Crippen LogP contribution >= 0.6 is 0 Å². The Kier molecular flexibility index (Phi) is 46.2. The first-order valence-corrected chi connectivity index (χ1v) is 35.1. The Labute approximate surface area is 706 Å². The Hall–Kier alpha value is -1.51. The molecule has 0 aliphatic rings. The molecule has 6 rings (SSSR count). The van der Waals surface area contributed by atoms with E-state index in [1.165, 1.54) is 7.06 Å². The maximum Gasteiger partial charge on any atom is 0.407 e. The lowest BCUT2D eigenvalue weighted by atomic mass is 8.31. The summed E-state index contributed by atoms with van der Waals surface area (Å²) in [5, 5.41) is 7.06. The Morgan fingerprint density at radius 3 is 0.935 bits per heavy atom. The minimum absolute atomic E-state index is 0.359. The van der Waals surface area contributed by atoms with E-state index < -0.39 is 190 Å². The summed E-state index contributed by atoms with van der Waals surface area (Å²) in [6.45, 7) is 8.67. The van der Waals surface area contributed by atoms with Gasteiger partial charge in [0.05, 0.1) is 11.4 Å². The number of fused-ring (bicyclic) bond motifs is 2. The standard InChI is InChI=1S/C21H23N3O2.C16H15N3.C2H6.B31.B30/c1-21(2,3)26-20(25)24-13-15-6-4-5-7-17(15)19-18-9-8-16(22)12-14(18)10-11-23-19;17-10-12-3-1-2-4-14(12)16-15-6-5-13(18)9-11(15)7-8-19-16;1-2;1-17-25(16)29(24(14)15)31(28(22(10)11)23(12)13)30(26(18(2)3)19(4)5)27(20(6)7)21(8)9;1-17(2)25(18(3)4)29(26(19(5)6)20(7)8)30(27(21(9)10)22(11)12)28(23(13)14)24(15)16/h4-12H,13,22H2,1-3H3,(H,24,25);1-9H,10,17-18H2;1-2H3;;/i;;1D;;. The molecule has 0 fully saturated rings. The predicted molar refractivity (Wildman–Crippen MR) is 546 cm³/mol. The molecule has 0 saturated carbocycles. The summed E-state index contributed by atoms with van der Waals surface area (Å²) in [6.07, 6.45) is -24.0. The number of aromatic nitrogens is 2. The van der Waals surface area contributed by atoms with Gasteiger partial charge in [-0.3, -0.25) is 9.97 Å². The fourth-order valence-corrected chi connectivity index (χ4v) is 14.5. The average molecular weight is 1290 g/mol. The number of hydrogen-bond donors (Lipinski definition) is 4. The third-order valence-corrected chi connectivity index (χ3v) is 18.9. The van der Waals surface area contributed by atoms with Gasteiger partial charge in [0.15, 0.2) is 0 Å². The molecule has 425 valence electrons. The highest BCUT2D eigenvalue weighted by atomic mass is 16.6. The monoisotopic (exact) mass is 1300 g/mol. The normalized spacial score (nSPS) is 10.1. The molecular formula is C39H44B61N6O2. The van der Waals surface area contributed by atoms with Crippen LogP contribution in [0, 0.1) is 0 Å².